The van der Waals surface area contributed by atoms with Gasteiger partial charge in [-0.1, -0.05) is 18.9 Å². The van der Waals surface area contributed by atoms with Gasteiger partial charge in [0.25, 0.3) is 5.91 Å². The smallest absolute Gasteiger partial charge is 0.268 e. The monoisotopic (exact) mass is 418 g/mol. The number of hydrogen-bond acceptors (Lipinski definition) is 7. The number of ether oxygens (including phenoxy) is 1. The number of pyridine rings is 1. The number of carbonyl (C=O) groups excluding carboxylic acids is 1. The first kappa shape index (κ1) is 19.7. The molecule has 4 N–H and O–H groups in total. The maximum Gasteiger partial charge on any atom is 0.268 e. The Kier molecular flexibility index (Phi) is 4.74. The normalized spacial score (nSPS) is 22.4. The van der Waals surface area contributed by atoms with E-state index in [9.17, 15) is 4.79 Å². The summed E-state index contributed by atoms with van der Waals surface area (Å²) in [6.07, 6.45) is 9.68. The molecule has 8 heteroatoms. The quantitative estimate of drug-likeness (QED) is 0.596. The Morgan fingerprint density at radius 1 is 1.19 bits per heavy atom. The molecule has 0 bridgehead atoms. The van der Waals surface area contributed by atoms with Crippen molar-refractivity contribution in [3.05, 3.63) is 36.8 Å². The van der Waals surface area contributed by atoms with E-state index in [0.29, 0.717) is 17.4 Å². The first-order valence-electron chi connectivity index (χ1n) is 10.7. The van der Waals surface area contributed by atoms with Crippen molar-refractivity contribution in [2.24, 2.45) is 5.73 Å². The molecule has 2 aromatic heterocycles. The van der Waals surface area contributed by atoms with Gasteiger partial charge in [0.1, 0.15) is 5.75 Å². The maximum atomic E-state index is 12.3. The summed E-state index contributed by atoms with van der Waals surface area (Å²) in [4.78, 5) is 25.9. The standard InChI is InChI=1S/C23H26N6O2/c1-23(2)21(30)27-18-9-13(7-8-19(18)31-23)15-12-25-10-14-11-26-22(29-20(14)15)28-17-6-4-3-5-16(17)24/h7-12,16-17H,3-6,24H2,1-2H3,(H,27,30)(H,26,28,29)/t16-,17+/m0/s1. The van der Waals surface area contributed by atoms with Crippen molar-refractivity contribution < 1.29 is 9.53 Å². The van der Waals surface area contributed by atoms with Gasteiger partial charge in [0.15, 0.2) is 5.60 Å². The highest BCUT2D eigenvalue weighted by atomic mass is 16.5. The van der Waals surface area contributed by atoms with Crippen molar-refractivity contribution in [3.63, 3.8) is 0 Å². The maximum absolute atomic E-state index is 12.3. The molecule has 1 aromatic carbocycles. The summed E-state index contributed by atoms with van der Waals surface area (Å²) < 4.78 is 5.85. The molecule has 5 rings (SSSR count). The first-order valence-corrected chi connectivity index (χ1v) is 10.7. The molecule has 1 fully saturated rings. The largest absolute Gasteiger partial charge is 0.476 e. The minimum absolute atomic E-state index is 0.110. The third-order valence-corrected chi connectivity index (χ3v) is 6.07. The van der Waals surface area contributed by atoms with Crippen molar-refractivity contribution in [3.8, 4) is 16.9 Å². The zero-order chi connectivity index (χ0) is 21.6. The van der Waals surface area contributed by atoms with Crippen LogP contribution in [0.15, 0.2) is 36.8 Å². The van der Waals surface area contributed by atoms with Crippen LogP contribution in [-0.2, 0) is 4.79 Å². The van der Waals surface area contributed by atoms with E-state index in [1.165, 1.54) is 6.42 Å². The van der Waals surface area contributed by atoms with Gasteiger partial charge in [0.05, 0.1) is 11.2 Å². The van der Waals surface area contributed by atoms with Crippen LogP contribution in [0.25, 0.3) is 22.0 Å². The summed E-state index contributed by atoms with van der Waals surface area (Å²) >= 11 is 0. The van der Waals surface area contributed by atoms with E-state index in [1.807, 2.05) is 18.2 Å². The Morgan fingerprint density at radius 2 is 2.03 bits per heavy atom. The third-order valence-electron chi connectivity index (χ3n) is 6.07. The van der Waals surface area contributed by atoms with E-state index in [1.54, 1.807) is 32.4 Å². The number of anilines is 2. The minimum atomic E-state index is -0.900. The fraction of sp³-hybridized carbons (Fsp3) is 0.391. The molecule has 8 nitrogen and oxygen atoms in total. The molecule has 1 aliphatic heterocycles. The Balaban J connectivity index is 1.51. The predicted molar refractivity (Wildman–Crippen MR) is 120 cm³/mol. The second-order valence-corrected chi connectivity index (χ2v) is 8.80. The highest BCUT2D eigenvalue weighted by Gasteiger charge is 2.35. The van der Waals surface area contributed by atoms with Crippen molar-refractivity contribution >= 4 is 28.4 Å². The lowest BCUT2D eigenvalue weighted by atomic mass is 9.91. The lowest BCUT2D eigenvalue weighted by molar-refractivity contribution is -0.129. The van der Waals surface area contributed by atoms with Crippen LogP contribution in [0.5, 0.6) is 5.75 Å². The van der Waals surface area contributed by atoms with E-state index >= 15 is 0 Å². The van der Waals surface area contributed by atoms with Gasteiger partial charge in [-0.15, -0.1) is 0 Å². The zero-order valence-electron chi connectivity index (χ0n) is 17.7. The summed E-state index contributed by atoms with van der Waals surface area (Å²) in [5.41, 5.74) is 8.56. The van der Waals surface area contributed by atoms with Crippen LogP contribution in [0.4, 0.5) is 11.6 Å². The van der Waals surface area contributed by atoms with E-state index in [0.717, 1.165) is 41.3 Å². The van der Waals surface area contributed by atoms with Gasteiger partial charge in [-0.05, 0) is 44.4 Å². The molecule has 0 saturated heterocycles. The molecule has 0 radical (unpaired) electrons. The van der Waals surface area contributed by atoms with Gasteiger partial charge in [-0.25, -0.2) is 9.97 Å². The number of amides is 1. The second kappa shape index (κ2) is 7.46. The highest BCUT2D eigenvalue weighted by Crippen LogP contribution is 2.38. The van der Waals surface area contributed by atoms with Gasteiger partial charge >= 0.3 is 0 Å². The molecule has 1 aliphatic carbocycles. The molecule has 1 amide bonds. The van der Waals surface area contributed by atoms with Gasteiger partial charge < -0.3 is 21.1 Å². The number of carbonyl (C=O) groups is 1. The average molecular weight is 419 g/mol. The summed E-state index contributed by atoms with van der Waals surface area (Å²) in [7, 11) is 0. The van der Waals surface area contributed by atoms with E-state index in [4.69, 9.17) is 15.5 Å². The minimum Gasteiger partial charge on any atom is -0.476 e. The molecule has 2 aliphatic rings. The Morgan fingerprint density at radius 3 is 2.87 bits per heavy atom. The molecule has 0 unspecified atom stereocenters. The lowest BCUT2D eigenvalue weighted by Gasteiger charge is -2.31. The molecule has 3 heterocycles. The SMILES string of the molecule is CC1(C)Oc2ccc(-c3cncc4cnc(N[C@@H]5CCCC[C@@H]5N)nc34)cc2NC1=O. The fourth-order valence-corrected chi connectivity index (χ4v) is 4.22. The molecular formula is C23H26N6O2. The number of nitrogens with zero attached hydrogens (tertiary/aromatic N) is 3. The van der Waals surface area contributed by atoms with Crippen LogP contribution in [0.3, 0.4) is 0 Å². The molecular weight excluding hydrogens is 392 g/mol. The van der Waals surface area contributed by atoms with E-state index < -0.39 is 5.60 Å². The van der Waals surface area contributed by atoms with Crippen LogP contribution in [0.2, 0.25) is 0 Å². The number of fused-ring (bicyclic) bond motifs is 2. The number of benzene rings is 1. The Labute approximate surface area is 180 Å². The second-order valence-electron chi connectivity index (χ2n) is 8.80. The Hall–Kier alpha value is -3.26. The van der Waals surface area contributed by atoms with Crippen LogP contribution in [0, 0.1) is 0 Å². The molecule has 2 atom stereocenters. The molecule has 31 heavy (non-hydrogen) atoms. The zero-order valence-corrected chi connectivity index (χ0v) is 17.7. The number of rotatable bonds is 3. The number of nitrogens with two attached hydrogens (primary N) is 1. The topological polar surface area (TPSA) is 115 Å². The van der Waals surface area contributed by atoms with Gasteiger partial charge in [-0.2, -0.15) is 0 Å². The fourth-order valence-electron chi connectivity index (χ4n) is 4.22. The van der Waals surface area contributed by atoms with Crippen molar-refractivity contribution in [1.29, 1.82) is 0 Å². The lowest BCUT2D eigenvalue weighted by Crippen LogP contribution is -2.45. The summed E-state index contributed by atoms with van der Waals surface area (Å²) in [6.45, 7) is 3.49. The third kappa shape index (κ3) is 3.67. The summed E-state index contributed by atoms with van der Waals surface area (Å²) in [5.74, 6) is 1.04. The number of hydrogen-bond donors (Lipinski definition) is 3. The summed E-state index contributed by atoms with van der Waals surface area (Å²) in [5, 5.41) is 7.20. The Bertz CT molecular complexity index is 1160. The number of nitrogens with one attached hydrogen (secondary N) is 2. The van der Waals surface area contributed by atoms with Crippen molar-refractivity contribution in [1.82, 2.24) is 15.0 Å². The molecule has 3 aromatic rings. The first-order chi connectivity index (χ1) is 14.9. The van der Waals surface area contributed by atoms with Crippen LogP contribution in [-0.4, -0.2) is 38.5 Å². The van der Waals surface area contributed by atoms with E-state index in [-0.39, 0.29) is 18.0 Å². The molecule has 0 spiro atoms. The van der Waals surface area contributed by atoms with Gasteiger partial charge in [0, 0.05) is 41.6 Å². The van der Waals surface area contributed by atoms with Gasteiger partial charge in [-0.3, -0.25) is 9.78 Å². The van der Waals surface area contributed by atoms with Crippen LogP contribution >= 0.6 is 0 Å². The molecule has 160 valence electrons. The molecule has 1 saturated carbocycles. The van der Waals surface area contributed by atoms with Crippen LogP contribution in [0.1, 0.15) is 39.5 Å². The number of aromatic nitrogens is 3. The highest BCUT2D eigenvalue weighted by molar-refractivity contribution is 6.01. The van der Waals surface area contributed by atoms with Crippen molar-refractivity contribution in [2.45, 2.75) is 57.2 Å². The average Bonchev–Trinajstić information content (AvgIpc) is 2.75. The van der Waals surface area contributed by atoms with Crippen molar-refractivity contribution in [2.75, 3.05) is 10.6 Å². The summed E-state index contributed by atoms with van der Waals surface area (Å²) in [6, 6.07) is 6.00. The van der Waals surface area contributed by atoms with Crippen LogP contribution < -0.4 is 21.1 Å². The van der Waals surface area contributed by atoms with E-state index in [2.05, 4.69) is 20.6 Å². The van der Waals surface area contributed by atoms with Gasteiger partial charge in [0.2, 0.25) is 5.95 Å². The predicted octanol–water partition coefficient (Wildman–Crippen LogP) is 3.48.